The van der Waals surface area contributed by atoms with Crippen LogP contribution in [0.1, 0.15) is 24.6 Å². The average Bonchev–Trinajstić information content (AvgIpc) is 2.68. The van der Waals surface area contributed by atoms with Gasteiger partial charge in [0.15, 0.2) is 0 Å². The molecule has 0 bridgehead atoms. The minimum Gasteiger partial charge on any atom is -0.360 e. The fourth-order valence-electron chi connectivity index (χ4n) is 1.41. The topological polar surface area (TPSA) is 66.5 Å². The van der Waals surface area contributed by atoms with Crippen molar-refractivity contribution < 1.29 is 0 Å². The summed E-state index contributed by atoms with van der Waals surface area (Å²) in [6, 6.07) is 1.92. The van der Waals surface area contributed by atoms with Crippen LogP contribution in [0, 0.1) is 6.92 Å². The van der Waals surface area contributed by atoms with Gasteiger partial charge in [-0.3, -0.25) is 0 Å². The summed E-state index contributed by atoms with van der Waals surface area (Å²) in [6.45, 7) is 3.87. The van der Waals surface area contributed by atoms with Crippen LogP contribution < -0.4 is 5.32 Å². The van der Waals surface area contributed by atoms with Gasteiger partial charge in [-0.2, -0.15) is 0 Å². The lowest BCUT2D eigenvalue weighted by molar-refractivity contribution is 0.800. The number of rotatable bonds is 3. The molecule has 6 heteroatoms. The lowest BCUT2D eigenvalue weighted by Gasteiger charge is -2.12. The van der Waals surface area contributed by atoms with Crippen molar-refractivity contribution in [3.63, 3.8) is 0 Å². The van der Waals surface area contributed by atoms with E-state index in [2.05, 4.69) is 41.2 Å². The van der Waals surface area contributed by atoms with E-state index in [1.807, 2.05) is 19.9 Å². The predicted molar refractivity (Wildman–Crippen MR) is 65.1 cm³/mol. The summed E-state index contributed by atoms with van der Waals surface area (Å²) >= 11 is 3.34. The van der Waals surface area contributed by atoms with Crippen molar-refractivity contribution in [1.82, 2.24) is 19.9 Å². The highest BCUT2D eigenvalue weighted by atomic mass is 79.9. The van der Waals surface area contributed by atoms with Gasteiger partial charge in [-0.1, -0.05) is 0 Å². The van der Waals surface area contributed by atoms with E-state index in [9.17, 15) is 0 Å². The molecule has 84 valence electrons. The second-order valence-corrected chi connectivity index (χ2v) is 4.28. The van der Waals surface area contributed by atoms with Crippen molar-refractivity contribution in [3.8, 4) is 0 Å². The van der Waals surface area contributed by atoms with Crippen molar-refractivity contribution >= 4 is 21.7 Å². The predicted octanol–water partition coefficient (Wildman–Crippen LogP) is 2.44. The third-order valence-electron chi connectivity index (χ3n) is 2.10. The van der Waals surface area contributed by atoms with Gasteiger partial charge in [-0.05, 0) is 29.8 Å². The monoisotopic (exact) mass is 281 g/mol. The van der Waals surface area contributed by atoms with E-state index in [0.29, 0.717) is 0 Å². The lowest BCUT2D eigenvalue weighted by Crippen LogP contribution is -2.10. The van der Waals surface area contributed by atoms with Crippen LogP contribution in [0.4, 0.5) is 5.82 Å². The SMILES string of the molecule is Cc1nc(Br)cc(NC(C)c2ncc[nH]2)n1. The Kier molecular flexibility index (Phi) is 3.19. The Bertz CT molecular complexity index is 448. The number of halogens is 1. The molecule has 5 nitrogen and oxygen atoms in total. The quantitative estimate of drug-likeness (QED) is 0.848. The summed E-state index contributed by atoms with van der Waals surface area (Å²) in [7, 11) is 0. The number of aryl methyl sites for hydroxylation is 1. The number of hydrogen-bond donors (Lipinski definition) is 2. The molecule has 2 aromatic rings. The summed E-state index contributed by atoms with van der Waals surface area (Å²) in [6.07, 6.45) is 3.53. The van der Waals surface area contributed by atoms with E-state index < -0.39 is 0 Å². The number of anilines is 1. The Morgan fingerprint density at radius 3 is 2.88 bits per heavy atom. The Morgan fingerprint density at radius 2 is 2.25 bits per heavy atom. The zero-order valence-electron chi connectivity index (χ0n) is 9.03. The number of nitrogens with zero attached hydrogens (tertiary/aromatic N) is 3. The molecule has 1 atom stereocenters. The van der Waals surface area contributed by atoms with Crippen LogP contribution in [0.2, 0.25) is 0 Å². The standard InChI is InChI=1S/C10H12BrN5/c1-6(10-12-3-4-13-10)14-9-5-8(11)15-7(2)16-9/h3-6H,1-2H3,(H,12,13)(H,14,15,16). The molecule has 2 heterocycles. The molecule has 0 radical (unpaired) electrons. The molecule has 2 rings (SSSR count). The maximum absolute atomic E-state index is 4.29. The van der Waals surface area contributed by atoms with Crippen LogP contribution in [0.15, 0.2) is 23.1 Å². The molecule has 0 saturated heterocycles. The highest BCUT2D eigenvalue weighted by molar-refractivity contribution is 9.10. The number of nitrogens with one attached hydrogen (secondary N) is 2. The van der Waals surface area contributed by atoms with Gasteiger partial charge in [0.2, 0.25) is 0 Å². The number of aromatic amines is 1. The highest BCUT2D eigenvalue weighted by Gasteiger charge is 2.08. The van der Waals surface area contributed by atoms with Crippen molar-refractivity contribution in [2.45, 2.75) is 19.9 Å². The minimum atomic E-state index is 0.0798. The van der Waals surface area contributed by atoms with Crippen LogP contribution in [-0.4, -0.2) is 19.9 Å². The number of imidazole rings is 1. The molecule has 0 aliphatic carbocycles. The van der Waals surface area contributed by atoms with Crippen molar-refractivity contribution in [2.75, 3.05) is 5.32 Å². The molecule has 0 fully saturated rings. The number of H-pyrrole nitrogens is 1. The first-order chi connectivity index (χ1) is 7.65. The van der Waals surface area contributed by atoms with Crippen LogP contribution in [0.25, 0.3) is 0 Å². The molecule has 2 aromatic heterocycles. The fraction of sp³-hybridized carbons (Fsp3) is 0.300. The molecule has 0 aromatic carbocycles. The highest BCUT2D eigenvalue weighted by Crippen LogP contribution is 2.17. The summed E-state index contributed by atoms with van der Waals surface area (Å²) < 4.78 is 0.772. The first-order valence-corrected chi connectivity index (χ1v) is 5.71. The van der Waals surface area contributed by atoms with E-state index in [1.165, 1.54) is 0 Å². The smallest absolute Gasteiger partial charge is 0.131 e. The van der Waals surface area contributed by atoms with E-state index in [-0.39, 0.29) is 6.04 Å². The van der Waals surface area contributed by atoms with Gasteiger partial charge < -0.3 is 10.3 Å². The van der Waals surface area contributed by atoms with Crippen LogP contribution in [0.3, 0.4) is 0 Å². The maximum atomic E-state index is 4.29. The van der Waals surface area contributed by atoms with Gasteiger partial charge in [-0.15, -0.1) is 0 Å². The Balaban J connectivity index is 2.15. The van der Waals surface area contributed by atoms with E-state index in [4.69, 9.17) is 0 Å². The normalized spacial score (nSPS) is 12.4. The maximum Gasteiger partial charge on any atom is 0.131 e. The second kappa shape index (κ2) is 4.61. The van der Waals surface area contributed by atoms with E-state index in [0.717, 1.165) is 22.1 Å². The van der Waals surface area contributed by atoms with Gasteiger partial charge in [0.1, 0.15) is 22.1 Å². The van der Waals surface area contributed by atoms with E-state index in [1.54, 1.807) is 12.4 Å². The number of hydrogen-bond acceptors (Lipinski definition) is 4. The second-order valence-electron chi connectivity index (χ2n) is 3.46. The Hall–Kier alpha value is -1.43. The minimum absolute atomic E-state index is 0.0798. The van der Waals surface area contributed by atoms with Gasteiger partial charge in [0, 0.05) is 18.5 Å². The van der Waals surface area contributed by atoms with Crippen LogP contribution >= 0.6 is 15.9 Å². The first-order valence-electron chi connectivity index (χ1n) is 4.92. The molecule has 1 unspecified atom stereocenters. The molecule has 0 spiro atoms. The zero-order chi connectivity index (χ0) is 11.5. The molecule has 0 aliphatic heterocycles. The summed E-state index contributed by atoms with van der Waals surface area (Å²) in [5, 5.41) is 3.25. The molecule has 2 N–H and O–H groups in total. The van der Waals surface area contributed by atoms with Crippen molar-refractivity contribution in [1.29, 1.82) is 0 Å². The Morgan fingerprint density at radius 1 is 1.44 bits per heavy atom. The first kappa shape index (κ1) is 11.1. The largest absolute Gasteiger partial charge is 0.360 e. The fourth-order valence-corrected chi connectivity index (χ4v) is 1.88. The molecule has 0 aliphatic rings. The van der Waals surface area contributed by atoms with Gasteiger partial charge in [-0.25, -0.2) is 15.0 Å². The van der Waals surface area contributed by atoms with Crippen LogP contribution in [-0.2, 0) is 0 Å². The summed E-state index contributed by atoms with van der Waals surface area (Å²) in [4.78, 5) is 15.7. The third-order valence-corrected chi connectivity index (χ3v) is 2.51. The van der Waals surface area contributed by atoms with Gasteiger partial charge >= 0.3 is 0 Å². The van der Waals surface area contributed by atoms with Crippen molar-refractivity contribution in [3.05, 3.63) is 34.7 Å². The lowest BCUT2D eigenvalue weighted by atomic mass is 10.3. The molecule has 16 heavy (non-hydrogen) atoms. The summed E-state index contributed by atoms with van der Waals surface area (Å²) in [5.74, 6) is 2.39. The van der Waals surface area contributed by atoms with Gasteiger partial charge in [0.05, 0.1) is 6.04 Å². The molecule has 0 amide bonds. The third kappa shape index (κ3) is 2.57. The average molecular weight is 282 g/mol. The Labute approximate surface area is 102 Å². The van der Waals surface area contributed by atoms with Crippen molar-refractivity contribution in [2.24, 2.45) is 0 Å². The molecular formula is C10H12BrN5. The van der Waals surface area contributed by atoms with E-state index >= 15 is 0 Å². The zero-order valence-corrected chi connectivity index (χ0v) is 10.6. The molecule has 0 saturated carbocycles. The number of aromatic nitrogens is 4. The summed E-state index contributed by atoms with van der Waals surface area (Å²) in [5.41, 5.74) is 0. The molecular weight excluding hydrogens is 270 g/mol. The van der Waals surface area contributed by atoms with Crippen LogP contribution in [0.5, 0.6) is 0 Å². The van der Waals surface area contributed by atoms with Gasteiger partial charge in [0.25, 0.3) is 0 Å².